The smallest absolute Gasteiger partial charge is 0.329 e. The highest BCUT2D eigenvalue weighted by Gasteiger charge is 2.20. The van der Waals surface area contributed by atoms with E-state index >= 15 is 0 Å². The Morgan fingerprint density at radius 2 is 1.88 bits per heavy atom. The normalized spacial score (nSPS) is 10.1. The van der Waals surface area contributed by atoms with Crippen LogP contribution < -0.4 is 20.7 Å². The predicted molar refractivity (Wildman–Crippen MR) is 93.9 cm³/mol. The molecule has 6 heteroatoms. The summed E-state index contributed by atoms with van der Waals surface area (Å²) in [5.74, 6) is 0.391. The maximum atomic E-state index is 12.4. The van der Waals surface area contributed by atoms with Gasteiger partial charge in [0.15, 0.2) is 0 Å². The Balaban J connectivity index is 2.04. The van der Waals surface area contributed by atoms with Crippen molar-refractivity contribution in [3.05, 3.63) is 54.1 Å². The van der Waals surface area contributed by atoms with Crippen molar-refractivity contribution in [2.45, 2.75) is 20.4 Å². The van der Waals surface area contributed by atoms with Gasteiger partial charge in [0.05, 0.1) is 12.3 Å². The summed E-state index contributed by atoms with van der Waals surface area (Å²) in [6.07, 6.45) is 0. The van der Waals surface area contributed by atoms with Gasteiger partial charge in [-0.3, -0.25) is 4.79 Å². The number of anilines is 2. The molecule has 0 unspecified atom stereocenters. The lowest BCUT2D eigenvalue weighted by atomic mass is 10.2. The molecule has 24 heavy (non-hydrogen) atoms. The molecular weight excluding hydrogens is 306 g/mol. The molecule has 0 aliphatic rings. The molecule has 0 saturated heterocycles. The van der Waals surface area contributed by atoms with Gasteiger partial charge in [0.1, 0.15) is 5.75 Å². The van der Waals surface area contributed by atoms with Crippen molar-refractivity contribution in [1.29, 1.82) is 0 Å². The van der Waals surface area contributed by atoms with Crippen LogP contribution in [0.4, 0.5) is 16.2 Å². The lowest BCUT2D eigenvalue weighted by Crippen LogP contribution is -2.42. The number of urea groups is 1. The molecule has 6 nitrogen and oxygen atoms in total. The topological polar surface area (TPSA) is 84.7 Å². The van der Waals surface area contributed by atoms with Crippen LogP contribution in [0.3, 0.4) is 0 Å². The Labute approximate surface area is 141 Å². The van der Waals surface area contributed by atoms with Crippen LogP contribution in [0.5, 0.6) is 5.75 Å². The van der Waals surface area contributed by atoms with E-state index in [4.69, 9.17) is 10.5 Å². The lowest BCUT2D eigenvalue weighted by molar-refractivity contribution is -0.115. The van der Waals surface area contributed by atoms with Gasteiger partial charge >= 0.3 is 6.03 Å². The van der Waals surface area contributed by atoms with E-state index in [9.17, 15) is 9.59 Å². The van der Waals surface area contributed by atoms with Crippen molar-refractivity contribution in [3.8, 4) is 5.75 Å². The first-order chi connectivity index (χ1) is 11.5. The number of hydrogen-bond donors (Lipinski definition) is 2. The minimum atomic E-state index is -0.498. The summed E-state index contributed by atoms with van der Waals surface area (Å²) in [7, 11) is 0. The number of nitrogens with zero attached hydrogens (tertiary/aromatic N) is 1. The van der Waals surface area contributed by atoms with Gasteiger partial charge in [0, 0.05) is 19.2 Å². The third-order valence-electron chi connectivity index (χ3n) is 3.32. The van der Waals surface area contributed by atoms with Gasteiger partial charge in [0.25, 0.3) is 0 Å². The number of hydrogen-bond acceptors (Lipinski definition) is 4. The third kappa shape index (κ3) is 4.49. The van der Waals surface area contributed by atoms with E-state index in [1.54, 1.807) is 24.3 Å². The summed E-state index contributed by atoms with van der Waals surface area (Å²) in [6.45, 7) is 4.15. The second-order valence-corrected chi connectivity index (χ2v) is 5.19. The number of carbonyl (C=O) groups is 2. The fourth-order valence-electron chi connectivity index (χ4n) is 2.23. The second kappa shape index (κ2) is 8.01. The molecule has 0 radical (unpaired) electrons. The maximum Gasteiger partial charge on any atom is 0.329 e. The molecule has 0 heterocycles. The van der Waals surface area contributed by atoms with Gasteiger partial charge in [0.2, 0.25) is 5.91 Å². The molecule has 0 aliphatic carbocycles. The maximum absolute atomic E-state index is 12.4. The molecule has 126 valence electrons. The molecule has 0 aliphatic heterocycles. The number of amides is 3. The summed E-state index contributed by atoms with van der Waals surface area (Å²) in [5.41, 5.74) is 7.55. The van der Waals surface area contributed by atoms with Crippen molar-refractivity contribution in [3.63, 3.8) is 0 Å². The molecule has 0 spiro atoms. The Kier molecular flexibility index (Phi) is 5.78. The first-order valence-corrected chi connectivity index (χ1v) is 7.67. The first kappa shape index (κ1) is 17.3. The molecule has 0 aromatic heterocycles. The van der Waals surface area contributed by atoms with Crippen molar-refractivity contribution < 1.29 is 14.3 Å². The molecule has 2 rings (SSSR count). The number of nitrogen functional groups attached to an aromatic ring is 1. The van der Waals surface area contributed by atoms with Gasteiger partial charge < -0.3 is 15.8 Å². The summed E-state index contributed by atoms with van der Waals surface area (Å²) >= 11 is 0. The molecule has 0 saturated carbocycles. The number of nitrogens with two attached hydrogens (primary N) is 1. The van der Waals surface area contributed by atoms with Crippen molar-refractivity contribution in [1.82, 2.24) is 5.32 Å². The molecule has 3 amide bonds. The summed E-state index contributed by atoms with van der Waals surface area (Å²) in [5, 5.41) is 2.73. The SMILES string of the molecule is CCOc1ccc(CNC(=O)N(C(C)=O)c2cccc(N)c2)cc1. The average Bonchev–Trinajstić information content (AvgIpc) is 2.54. The van der Waals surface area contributed by atoms with Crippen LogP contribution >= 0.6 is 0 Å². The zero-order valence-corrected chi connectivity index (χ0v) is 13.8. The minimum absolute atomic E-state index is 0.303. The highest BCUT2D eigenvalue weighted by molar-refractivity contribution is 6.13. The number of nitrogens with one attached hydrogen (secondary N) is 1. The van der Waals surface area contributed by atoms with E-state index in [0.717, 1.165) is 16.2 Å². The van der Waals surface area contributed by atoms with Crippen molar-refractivity contribution >= 4 is 23.3 Å². The van der Waals surface area contributed by atoms with Crippen LogP contribution in [-0.4, -0.2) is 18.5 Å². The first-order valence-electron chi connectivity index (χ1n) is 7.67. The lowest BCUT2D eigenvalue weighted by Gasteiger charge is -2.20. The summed E-state index contributed by atoms with van der Waals surface area (Å²) in [6, 6.07) is 13.5. The minimum Gasteiger partial charge on any atom is -0.494 e. The van der Waals surface area contributed by atoms with Gasteiger partial charge in [-0.25, -0.2) is 9.69 Å². The molecule has 3 N–H and O–H groups in total. The Morgan fingerprint density at radius 3 is 2.46 bits per heavy atom. The Hall–Kier alpha value is -3.02. The molecule has 0 fully saturated rings. The Morgan fingerprint density at radius 1 is 1.17 bits per heavy atom. The van der Waals surface area contributed by atoms with Gasteiger partial charge in [-0.15, -0.1) is 0 Å². The number of carbonyl (C=O) groups excluding carboxylic acids is 2. The van der Waals surface area contributed by atoms with E-state index in [1.165, 1.54) is 6.92 Å². The van der Waals surface area contributed by atoms with E-state index in [1.807, 2.05) is 31.2 Å². The number of imide groups is 1. The number of benzene rings is 2. The monoisotopic (exact) mass is 327 g/mol. The zero-order chi connectivity index (χ0) is 17.5. The molecular formula is C18H21N3O3. The second-order valence-electron chi connectivity index (χ2n) is 5.19. The van der Waals surface area contributed by atoms with E-state index in [2.05, 4.69) is 5.32 Å². The Bertz CT molecular complexity index is 714. The van der Waals surface area contributed by atoms with Gasteiger partial charge in [-0.05, 0) is 42.8 Å². The fraction of sp³-hybridized carbons (Fsp3) is 0.222. The quantitative estimate of drug-likeness (QED) is 0.827. The van der Waals surface area contributed by atoms with E-state index < -0.39 is 6.03 Å². The summed E-state index contributed by atoms with van der Waals surface area (Å²) < 4.78 is 5.37. The largest absolute Gasteiger partial charge is 0.494 e. The van der Waals surface area contributed by atoms with E-state index in [0.29, 0.717) is 24.5 Å². The van der Waals surface area contributed by atoms with Crippen molar-refractivity contribution in [2.75, 3.05) is 17.2 Å². The summed E-state index contributed by atoms with van der Waals surface area (Å²) in [4.78, 5) is 25.3. The van der Waals surface area contributed by atoms with Crippen LogP contribution in [0.15, 0.2) is 48.5 Å². The van der Waals surface area contributed by atoms with Gasteiger partial charge in [-0.1, -0.05) is 18.2 Å². The number of ether oxygens (including phenoxy) is 1. The molecule has 0 bridgehead atoms. The standard InChI is InChI=1S/C18H21N3O3/c1-3-24-17-9-7-14(8-10-17)12-20-18(23)21(13(2)22)16-6-4-5-15(19)11-16/h4-11H,3,12,19H2,1-2H3,(H,20,23). The predicted octanol–water partition coefficient (Wildman–Crippen LogP) is 2.93. The average molecular weight is 327 g/mol. The van der Waals surface area contributed by atoms with Crippen LogP contribution in [0.1, 0.15) is 19.4 Å². The fourth-order valence-corrected chi connectivity index (χ4v) is 2.23. The number of rotatable bonds is 5. The molecule has 0 atom stereocenters. The van der Waals surface area contributed by atoms with Gasteiger partial charge in [-0.2, -0.15) is 0 Å². The van der Waals surface area contributed by atoms with Crippen LogP contribution in [-0.2, 0) is 11.3 Å². The van der Waals surface area contributed by atoms with Crippen molar-refractivity contribution in [2.24, 2.45) is 0 Å². The van der Waals surface area contributed by atoms with Crippen LogP contribution in [0.25, 0.3) is 0 Å². The molecule has 2 aromatic carbocycles. The molecule has 2 aromatic rings. The van der Waals surface area contributed by atoms with Crippen LogP contribution in [0, 0.1) is 0 Å². The highest BCUT2D eigenvalue weighted by Crippen LogP contribution is 2.18. The third-order valence-corrected chi connectivity index (χ3v) is 3.32. The highest BCUT2D eigenvalue weighted by atomic mass is 16.5. The van der Waals surface area contributed by atoms with E-state index in [-0.39, 0.29) is 5.91 Å². The van der Waals surface area contributed by atoms with Crippen LogP contribution in [0.2, 0.25) is 0 Å². The zero-order valence-electron chi connectivity index (χ0n) is 13.8.